The number of ether oxygens (including phenoxy) is 2. The number of amides is 1. The van der Waals surface area contributed by atoms with Crippen molar-refractivity contribution in [2.24, 2.45) is 5.73 Å². The molecule has 5 heteroatoms. The average Bonchev–Trinajstić information content (AvgIpc) is 2.99. The summed E-state index contributed by atoms with van der Waals surface area (Å²) in [6, 6.07) is 5.61. The Morgan fingerprint density at radius 1 is 1.38 bits per heavy atom. The molecule has 1 aliphatic rings. The highest BCUT2D eigenvalue weighted by Crippen LogP contribution is 2.25. The molecule has 2 rings (SSSR count). The summed E-state index contributed by atoms with van der Waals surface area (Å²) >= 11 is 0. The van der Waals surface area contributed by atoms with Crippen molar-refractivity contribution in [1.29, 1.82) is 0 Å². The van der Waals surface area contributed by atoms with Gasteiger partial charge in [0.05, 0.1) is 7.11 Å². The van der Waals surface area contributed by atoms with Gasteiger partial charge >= 0.3 is 0 Å². The van der Waals surface area contributed by atoms with Gasteiger partial charge in [0.25, 0.3) is 5.91 Å². The van der Waals surface area contributed by atoms with Gasteiger partial charge in [0.2, 0.25) is 0 Å². The number of rotatable bonds is 6. The van der Waals surface area contributed by atoms with Crippen molar-refractivity contribution in [3.63, 3.8) is 0 Å². The van der Waals surface area contributed by atoms with E-state index in [1.165, 1.54) is 0 Å². The van der Waals surface area contributed by atoms with E-state index < -0.39 is 0 Å². The number of hydrogen-bond donors (Lipinski definition) is 1. The van der Waals surface area contributed by atoms with Crippen LogP contribution in [0.5, 0.6) is 11.5 Å². The van der Waals surface area contributed by atoms with Crippen LogP contribution in [-0.4, -0.2) is 43.7 Å². The standard InChI is InChI=1S/C16H24N2O3/c1-12(17)9-13-10-14(20-2)5-6-15(13)21-11-16(19)18-7-3-4-8-18/h5-6,10,12H,3-4,7-9,11,17H2,1-2H3. The fourth-order valence-corrected chi connectivity index (χ4v) is 2.53. The van der Waals surface area contributed by atoms with Crippen molar-refractivity contribution in [2.75, 3.05) is 26.8 Å². The molecule has 21 heavy (non-hydrogen) atoms. The Bertz CT molecular complexity index is 482. The Morgan fingerprint density at radius 3 is 2.71 bits per heavy atom. The molecular weight excluding hydrogens is 268 g/mol. The maximum Gasteiger partial charge on any atom is 0.260 e. The molecule has 0 radical (unpaired) electrons. The van der Waals surface area contributed by atoms with Gasteiger partial charge in [-0.25, -0.2) is 0 Å². The van der Waals surface area contributed by atoms with Crippen LogP contribution < -0.4 is 15.2 Å². The van der Waals surface area contributed by atoms with Crippen LogP contribution in [0.15, 0.2) is 18.2 Å². The van der Waals surface area contributed by atoms with E-state index in [1.54, 1.807) is 7.11 Å². The summed E-state index contributed by atoms with van der Waals surface area (Å²) in [5, 5.41) is 0. The summed E-state index contributed by atoms with van der Waals surface area (Å²) in [6.45, 7) is 3.71. The van der Waals surface area contributed by atoms with Crippen molar-refractivity contribution in [3.05, 3.63) is 23.8 Å². The molecule has 0 aliphatic carbocycles. The van der Waals surface area contributed by atoms with E-state index in [1.807, 2.05) is 30.0 Å². The molecule has 1 aliphatic heterocycles. The highest BCUT2D eigenvalue weighted by Gasteiger charge is 2.18. The zero-order chi connectivity index (χ0) is 15.2. The number of benzene rings is 1. The van der Waals surface area contributed by atoms with Gasteiger partial charge in [-0.15, -0.1) is 0 Å². The minimum Gasteiger partial charge on any atom is -0.497 e. The lowest BCUT2D eigenvalue weighted by Crippen LogP contribution is -2.32. The molecule has 1 unspecified atom stereocenters. The summed E-state index contributed by atoms with van der Waals surface area (Å²) in [7, 11) is 1.63. The van der Waals surface area contributed by atoms with Crippen LogP contribution in [0.25, 0.3) is 0 Å². The molecule has 0 bridgehead atoms. The van der Waals surface area contributed by atoms with Gasteiger partial charge in [-0.1, -0.05) is 0 Å². The van der Waals surface area contributed by atoms with E-state index in [0.717, 1.165) is 37.2 Å². The SMILES string of the molecule is COc1ccc(OCC(=O)N2CCCC2)c(CC(C)N)c1. The van der Waals surface area contributed by atoms with Crippen molar-refractivity contribution < 1.29 is 14.3 Å². The van der Waals surface area contributed by atoms with E-state index in [9.17, 15) is 4.79 Å². The third-order valence-electron chi connectivity index (χ3n) is 3.62. The Morgan fingerprint density at radius 2 is 2.10 bits per heavy atom. The number of carbonyl (C=O) groups excluding carboxylic acids is 1. The normalized spacial score (nSPS) is 15.9. The molecule has 0 aromatic heterocycles. The Labute approximate surface area is 126 Å². The second-order valence-electron chi connectivity index (χ2n) is 5.53. The third-order valence-corrected chi connectivity index (χ3v) is 3.62. The number of nitrogens with two attached hydrogens (primary N) is 1. The van der Waals surface area contributed by atoms with Crippen molar-refractivity contribution in [2.45, 2.75) is 32.2 Å². The third kappa shape index (κ3) is 4.36. The molecule has 116 valence electrons. The van der Waals surface area contributed by atoms with Gasteiger partial charge < -0.3 is 20.1 Å². The number of methoxy groups -OCH3 is 1. The lowest BCUT2D eigenvalue weighted by molar-refractivity contribution is -0.132. The predicted molar refractivity (Wildman–Crippen MR) is 81.7 cm³/mol. The molecule has 1 aromatic rings. The van der Waals surface area contributed by atoms with E-state index in [0.29, 0.717) is 12.2 Å². The van der Waals surface area contributed by atoms with E-state index >= 15 is 0 Å². The minimum absolute atomic E-state index is 0.0220. The second kappa shape index (κ2) is 7.31. The van der Waals surface area contributed by atoms with Gasteiger partial charge in [0.1, 0.15) is 11.5 Å². The van der Waals surface area contributed by atoms with Crippen LogP contribution in [0.1, 0.15) is 25.3 Å². The first-order valence-electron chi connectivity index (χ1n) is 7.43. The molecule has 5 nitrogen and oxygen atoms in total. The van der Waals surface area contributed by atoms with E-state index in [-0.39, 0.29) is 18.6 Å². The van der Waals surface area contributed by atoms with Gasteiger partial charge in [-0.3, -0.25) is 4.79 Å². The van der Waals surface area contributed by atoms with Gasteiger partial charge in [-0.05, 0) is 49.9 Å². The van der Waals surface area contributed by atoms with Gasteiger partial charge in [0, 0.05) is 19.1 Å². The van der Waals surface area contributed by atoms with Crippen molar-refractivity contribution >= 4 is 5.91 Å². The summed E-state index contributed by atoms with van der Waals surface area (Å²) in [4.78, 5) is 13.9. The van der Waals surface area contributed by atoms with Gasteiger partial charge in [0.15, 0.2) is 6.61 Å². The Balaban J connectivity index is 2.02. The smallest absolute Gasteiger partial charge is 0.260 e. The molecule has 1 aromatic carbocycles. The zero-order valence-electron chi connectivity index (χ0n) is 12.8. The van der Waals surface area contributed by atoms with Crippen LogP contribution in [-0.2, 0) is 11.2 Å². The molecule has 1 amide bonds. The summed E-state index contributed by atoms with van der Waals surface area (Å²) in [5.41, 5.74) is 6.84. The number of nitrogens with zero attached hydrogens (tertiary/aromatic N) is 1. The quantitative estimate of drug-likeness (QED) is 0.864. The second-order valence-corrected chi connectivity index (χ2v) is 5.53. The van der Waals surface area contributed by atoms with Gasteiger partial charge in [-0.2, -0.15) is 0 Å². The molecular formula is C16H24N2O3. The summed E-state index contributed by atoms with van der Waals surface area (Å²) in [6.07, 6.45) is 2.86. The molecule has 1 atom stereocenters. The van der Waals surface area contributed by atoms with Crippen molar-refractivity contribution in [1.82, 2.24) is 4.90 Å². The molecule has 0 spiro atoms. The lowest BCUT2D eigenvalue weighted by Gasteiger charge is -2.18. The summed E-state index contributed by atoms with van der Waals surface area (Å²) in [5.74, 6) is 1.53. The van der Waals surface area contributed by atoms with Crippen LogP contribution in [0.3, 0.4) is 0 Å². The number of likely N-dealkylation sites (tertiary alicyclic amines) is 1. The highest BCUT2D eigenvalue weighted by molar-refractivity contribution is 5.78. The molecule has 2 N–H and O–H groups in total. The van der Waals surface area contributed by atoms with E-state index in [2.05, 4.69) is 0 Å². The molecule has 1 fully saturated rings. The van der Waals surface area contributed by atoms with E-state index in [4.69, 9.17) is 15.2 Å². The lowest BCUT2D eigenvalue weighted by atomic mass is 10.1. The fraction of sp³-hybridized carbons (Fsp3) is 0.562. The number of hydrogen-bond acceptors (Lipinski definition) is 4. The Hall–Kier alpha value is -1.75. The monoisotopic (exact) mass is 292 g/mol. The predicted octanol–water partition coefficient (Wildman–Crippen LogP) is 1.59. The van der Waals surface area contributed by atoms with Crippen LogP contribution in [0.2, 0.25) is 0 Å². The number of carbonyl (C=O) groups is 1. The topological polar surface area (TPSA) is 64.8 Å². The molecule has 1 saturated heterocycles. The maximum absolute atomic E-state index is 12.0. The van der Waals surface area contributed by atoms with Crippen LogP contribution in [0.4, 0.5) is 0 Å². The largest absolute Gasteiger partial charge is 0.497 e. The minimum atomic E-state index is 0.0220. The molecule has 0 saturated carbocycles. The summed E-state index contributed by atoms with van der Waals surface area (Å²) < 4.78 is 10.9. The molecule has 1 heterocycles. The zero-order valence-corrected chi connectivity index (χ0v) is 12.8. The first-order chi connectivity index (χ1) is 10.1. The first kappa shape index (κ1) is 15.6. The average molecular weight is 292 g/mol. The van der Waals surface area contributed by atoms with Crippen LogP contribution >= 0.6 is 0 Å². The maximum atomic E-state index is 12.0. The van der Waals surface area contributed by atoms with Crippen molar-refractivity contribution in [3.8, 4) is 11.5 Å². The highest BCUT2D eigenvalue weighted by atomic mass is 16.5. The Kier molecular flexibility index (Phi) is 5.44. The first-order valence-corrected chi connectivity index (χ1v) is 7.43. The van der Waals surface area contributed by atoms with Crippen LogP contribution in [0, 0.1) is 0 Å². The fourth-order valence-electron chi connectivity index (χ4n) is 2.53.